The van der Waals surface area contributed by atoms with E-state index in [9.17, 15) is 0 Å². The van der Waals surface area contributed by atoms with E-state index in [-0.39, 0.29) is 24.0 Å². The minimum absolute atomic E-state index is 0. The number of nitrogens with zero attached hydrogens (tertiary/aromatic N) is 4. The summed E-state index contributed by atoms with van der Waals surface area (Å²) >= 11 is 1.82. The van der Waals surface area contributed by atoms with Crippen molar-refractivity contribution < 1.29 is 0 Å². The van der Waals surface area contributed by atoms with Gasteiger partial charge in [0, 0.05) is 31.3 Å². The van der Waals surface area contributed by atoms with Gasteiger partial charge in [-0.3, -0.25) is 4.99 Å². The SMILES string of the molecule is CN=C(NCCSc1ccccc1)NCc1nnc(C)n1C.I. The Morgan fingerprint density at radius 1 is 1.22 bits per heavy atom. The summed E-state index contributed by atoms with van der Waals surface area (Å²) in [7, 11) is 3.72. The van der Waals surface area contributed by atoms with Crippen molar-refractivity contribution in [2.75, 3.05) is 19.3 Å². The highest BCUT2D eigenvalue weighted by Gasteiger charge is 2.05. The van der Waals surface area contributed by atoms with Crippen LogP contribution >= 0.6 is 35.7 Å². The first-order chi connectivity index (χ1) is 10.7. The van der Waals surface area contributed by atoms with E-state index in [4.69, 9.17) is 0 Å². The van der Waals surface area contributed by atoms with E-state index in [1.807, 2.05) is 36.4 Å². The van der Waals surface area contributed by atoms with E-state index in [0.29, 0.717) is 6.54 Å². The van der Waals surface area contributed by atoms with Crippen LogP contribution in [0.5, 0.6) is 0 Å². The summed E-state index contributed by atoms with van der Waals surface area (Å²) in [6.07, 6.45) is 0. The summed E-state index contributed by atoms with van der Waals surface area (Å²) in [6.45, 7) is 3.38. The molecule has 0 unspecified atom stereocenters. The maximum atomic E-state index is 4.21. The Labute approximate surface area is 158 Å². The highest BCUT2D eigenvalue weighted by Crippen LogP contribution is 2.15. The molecule has 0 radical (unpaired) electrons. The van der Waals surface area contributed by atoms with Gasteiger partial charge in [-0.15, -0.1) is 45.9 Å². The van der Waals surface area contributed by atoms with Crippen LogP contribution in [0.15, 0.2) is 40.2 Å². The van der Waals surface area contributed by atoms with Crippen molar-refractivity contribution >= 4 is 41.7 Å². The molecule has 0 amide bonds. The van der Waals surface area contributed by atoms with Crippen molar-refractivity contribution in [1.29, 1.82) is 0 Å². The van der Waals surface area contributed by atoms with Gasteiger partial charge in [-0.05, 0) is 19.1 Å². The van der Waals surface area contributed by atoms with Crippen LogP contribution in [-0.2, 0) is 13.6 Å². The third-order valence-corrected chi connectivity index (χ3v) is 4.24. The standard InChI is InChI=1S/C15H22N6S.HI/c1-12-19-20-14(21(12)3)11-18-15(16-2)17-9-10-22-13-7-5-4-6-8-13;/h4-8H,9-11H2,1-3H3,(H2,16,17,18);1H. The van der Waals surface area contributed by atoms with Crippen molar-refractivity contribution in [1.82, 2.24) is 25.4 Å². The molecule has 0 aliphatic carbocycles. The number of aryl methyl sites for hydroxylation is 1. The Kier molecular flexibility index (Phi) is 9.00. The largest absolute Gasteiger partial charge is 0.356 e. The van der Waals surface area contributed by atoms with Crippen LogP contribution in [0, 0.1) is 6.92 Å². The number of benzene rings is 1. The molecule has 0 bridgehead atoms. The van der Waals surface area contributed by atoms with Gasteiger partial charge in [-0.25, -0.2) is 0 Å². The van der Waals surface area contributed by atoms with E-state index in [0.717, 1.165) is 29.9 Å². The first-order valence-corrected chi connectivity index (χ1v) is 8.16. The number of hydrogen-bond acceptors (Lipinski definition) is 4. The zero-order valence-electron chi connectivity index (χ0n) is 13.6. The molecule has 8 heteroatoms. The fraction of sp³-hybridized carbons (Fsp3) is 0.400. The van der Waals surface area contributed by atoms with Crippen molar-refractivity contribution in [2.45, 2.75) is 18.4 Å². The second kappa shape index (κ2) is 10.5. The summed E-state index contributed by atoms with van der Waals surface area (Å²) < 4.78 is 1.96. The van der Waals surface area contributed by atoms with Crippen molar-refractivity contribution in [3.63, 3.8) is 0 Å². The number of halogens is 1. The third-order valence-electron chi connectivity index (χ3n) is 3.23. The molecule has 23 heavy (non-hydrogen) atoms. The molecule has 1 heterocycles. The van der Waals surface area contributed by atoms with Gasteiger partial charge >= 0.3 is 0 Å². The lowest BCUT2D eigenvalue weighted by molar-refractivity contribution is 0.722. The van der Waals surface area contributed by atoms with E-state index in [2.05, 4.69) is 50.1 Å². The van der Waals surface area contributed by atoms with Gasteiger partial charge in [0.15, 0.2) is 11.8 Å². The molecule has 2 rings (SSSR count). The molecule has 0 atom stereocenters. The van der Waals surface area contributed by atoms with Gasteiger partial charge in [0.1, 0.15) is 5.82 Å². The molecule has 1 aromatic carbocycles. The molecule has 0 saturated carbocycles. The van der Waals surface area contributed by atoms with Gasteiger partial charge in [0.05, 0.1) is 6.54 Å². The average molecular weight is 446 g/mol. The van der Waals surface area contributed by atoms with Crippen molar-refractivity contribution in [2.24, 2.45) is 12.0 Å². The number of hydrogen-bond donors (Lipinski definition) is 2. The van der Waals surface area contributed by atoms with Gasteiger partial charge < -0.3 is 15.2 Å². The smallest absolute Gasteiger partial charge is 0.191 e. The Balaban J connectivity index is 0.00000264. The van der Waals surface area contributed by atoms with Crippen molar-refractivity contribution in [3.05, 3.63) is 42.0 Å². The lowest BCUT2D eigenvalue weighted by Crippen LogP contribution is -2.38. The minimum Gasteiger partial charge on any atom is -0.356 e. The zero-order chi connectivity index (χ0) is 15.8. The number of guanidine groups is 1. The Bertz CT molecular complexity index is 614. The lowest BCUT2D eigenvalue weighted by Gasteiger charge is -2.11. The molecular formula is C15H23IN6S. The molecule has 0 fully saturated rings. The zero-order valence-corrected chi connectivity index (χ0v) is 16.8. The average Bonchev–Trinajstić information content (AvgIpc) is 2.87. The van der Waals surface area contributed by atoms with Crippen LogP contribution in [0.3, 0.4) is 0 Å². The Morgan fingerprint density at radius 2 is 1.96 bits per heavy atom. The van der Waals surface area contributed by atoms with Gasteiger partial charge in [-0.2, -0.15) is 0 Å². The Morgan fingerprint density at radius 3 is 2.57 bits per heavy atom. The van der Waals surface area contributed by atoms with E-state index < -0.39 is 0 Å². The fourth-order valence-electron chi connectivity index (χ4n) is 1.84. The summed E-state index contributed by atoms with van der Waals surface area (Å²) in [6, 6.07) is 10.4. The number of nitrogens with one attached hydrogen (secondary N) is 2. The van der Waals surface area contributed by atoms with Crippen LogP contribution in [0.4, 0.5) is 0 Å². The summed E-state index contributed by atoms with van der Waals surface area (Å²) in [5, 5.41) is 14.7. The number of aliphatic imine (C=N–C) groups is 1. The fourth-order valence-corrected chi connectivity index (χ4v) is 2.63. The molecule has 0 aliphatic rings. The van der Waals surface area contributed by atoms with Crippen LogP contribution in [-0.4, -0.2) is 40.1 Å². The van der Waals surface area contributed by atoms with Gasteiger partial charge in [0.25, 0.3) is 0 Å². The monoisotopic (exact) mass is 446 g/mol. The van der Waals surface area contributed by atoms with Crippen LogP contribution in [0.1, 0.15) is 11.6 Å². The highest BCUT2D eigenvalue weighted by atomic mass is 127. The predicted molar refractivity (Wildman–Crippen MR) is 107 cm³/mol. The summed E-state index contributed by atoms with van der Waals surface area (Å²) in [4.78, 5) is 5.49. The second-order valence-electron chi connectivity index (χ2n) is 4.74. The molecule has 0 aliphatic heterocycles. The van der Waals surface area contributed by atoms with Gasteiger partial charge in [-0.1, -0.05) is 18.2 Å². The summed E-state index contributed by atoms with van der Waals surface area (Å²) in [5.41, 5.74) is 0. The number of thioether (sulfide) groups is 1. The molecule has 0 saturated heterocycles. The topological polar surface area (TPSA) is 67.1 Å². The first-order valence-electron chi connectivity index (χ1n) is 7.18. The third kappa shape index (κ3) is 6.38. The first kappa shape index (κ1) is 19.8. The van der Waals surface area contributed by atoms with Crippen LogP contribution < -0.4 is 10.6 Å². The molecule has 2 aromatic rings. The molecule has 1 aromatic heterocycles. The summed E-state index contributed by atoms with van der Waals surface area (Å²) in [5.74, 6) is 3.54. The predicted octanol–water partition coefficient (Wildman–Crippen LogP) is 2.20. The lowest BCUT2D eigenvalue weighted by atomic mass is 10.4. The number of aromatic nitrogens is 3. The minimum atomic E-state index is 0. The molecule has 126 valence electrons. The van der Waals surface area contributed by atoms with Gasteiger partial charge in [0.2, 0.25) is 0 Å². The molecule has 6 nitrogen and oxygen atoms in total. The molecule has 2 N–H and O–H groups in total. The Hall–Kier alpha value is -1.29. The van der Waals surface area contributed by atoms with Crippen molar-refractivity contribution in [3.8, 4) is 0 Å². The molecule has 0 spiro atoms. The van der Waals surface area contributed by atoms with Crippen LogP contribution in [0.2, 0.25) is 0 Å². The van der Waals surface area contributed by atoms with Crippen LogP contribution in [0.25, 0.3) is 0 Å². The normalized spacial score (nSPS) is 11.0. The molecular weight excluding hydrogens is 423 g/mol. The quantitative estimate of drug-likeness (QED) is 0.234. The van der Waals surface area contributed by atoms with E-state index >= 15 is 0 Å². The second-order valence-corrected chi connectivity index (χ2v) is 5.90. The maximum absolute atomic E-state index is 4.21. The maximum Gasteiger partial charge on any atom is 0.191 e. The highest BCUT2D eigenvalue weighted by molar-refractivity contribution is 14.0. The number of rotatable bonds is 6. The van der Waals surface area contributed by atoms with E-state index in [1.54, 1.807) is 7.05 Å². The van der Waals surface area contributed by atoms with E-state index in [1.165, 1.54) is 4.90 Å².